The molecule has 3 aromatic rings. The Balaban J connectivity index is 1.75. The molecule has 0 aliphatic rings. The van der Waals surface area contributed by atoms with Crippen molar-refractivity contribution in [3.8, 4) is 5.69 Å². The van der Waals surface area contributed by atoms with Crippen molar-refractivity contribution in [2.45, 2.75) is 13.0 Å². The fourth-order valence-corrected chi connectivity index (χ4v) is 2.47. The fourth-order valence-electron chi connectivity index (χ4n) is 2.26. The first kappa shape index (κ1) is 15.9. The summed E-state index contributed by atoms with van der Waals surface area (Å²) in [6, 6.07) is 11.0. The van der Waals surface area contributed by atoms with Crippen molar-refractivity contribution in [3.05, 3.63) is 75.7 Å². The van der Waals surface area contributed by atoms with E-state index in [0.717, 1.165) is 11.3 Å². The zero-order chi connectivity index (χ0) is 17.1. The molecule has 1 aromatic carbocycles. The Hall–Kier alpha value is -2.93. The van der Waals surface area contributed by atoms with Crippen LogP contribution < -0.4 is 5.32 Å². The Morgan fingerprint density at radius 3 is 2.67 bits per heavy atom. The van der Waals surface area contributed by atoms with Gasteiger partial charge in [0.15, 0.2) is 0 Å². The van der Waals surface area contributed by atoms with Crippen LogP contribution in [0.15, 0.2) is 55.0 Å². The molecule has 7 nitrogen and oxygen atoms in total. The Kier molecular flexibility index (Phi) is 4.43. The fraction of sp³-hybridized carbons (Fsp3) is 0.125. The minimum absolute atomic E-state index is 0.0665. The van der Waals surface area contributed by atoms with Gasteiger partial charge >= 0.3 is 0 Å². The van der Waals surface area contributed by atoms with Crippen molar-refractivity contribution in [1.29, 1.82) is 0 Å². The number of hydrogen-bond donors (Lipinski definition) is 1. The lowest BCUT2D eigenvalue weighted by molar-refractivity contribution is -0.385. The Bertz CT molecular complexity index is 849. The third kappa shape index (κ3) is 3.36. The van der Waals surface area contributed by atoms with Crippen LogP contribution in [0.25, 0.3) is 5.69 Å². The molecule has 0 aliphatic carbocycles. The van der Waals surface area contributed by atoms with E-state index in [1.165, 1.54) is 12.3 Å². The normalized spacial score (nSPS) is 11.9. The number of rotatable bonds is 5. The van der Waals surface area contributed by atoms with Gasteiger partial charge in [-0.15, -0.1) is 0 Å². The van der Waals surface area contributed by atoms with E-state index in [9.17, 15) is 10.1 Å². The average molecular weight is 344 g/mol. The van der Waals surface area contributed by atoms with Crippen LogP contribution in [0.1, 0.15) is 18.5 Å². The van der Waals surface area contributed by atoms with Gasteiger partial charge in [-0.2, -0.15) is 5.10 Å². The molecule has 0 amide bonds. The second kappa shape index (κ2) is 6.67. The maximum atomic E-state index is 10.7. The minimum atomic E-state index is -0.528. The molecule has 2 heterocycles. The summed E-state index contributed by atoms with van der Waals surface area (Å²) < 4.78 is 1.77. The molecule has 1 N–H and O–H groups in total. The van der Waals surface area contributed by atoms with E-state index >= 15 is 0 Å². The van der Waals surface area contributed by atoms with Gasteiger partial charge in [-0.1, -0.05) is 23.7 Å². The van der Waals surface area contributed by atoms with Gasteiger partial charge in [0.1, 0.15) is 12.0 Å². The molecule has 0 saturated heterocycles. The molecule has 2 aromatic heterocycles. The lowest BCUT2D eigenvalue weighted by Gasteiger charge is -2.16. The summed E-state index contributed by atoms with van der Waals surface area (Å²) in [5.74, 6) is 0.408. The smallest absolute Gasteiger partial charge is 0.289 e. The first-order valence-corrected chi connectivity index (χ1v) is 7.59. The Morgan fingerprint density at radius 2 is 2.08 bits per heavy atom. The van der Waals surface area contributed by atoms with E-state index in [4.69, 9.17) is 11.6 Å². The monoisotopic (exact) mass is 343 g/mol. The standard InChI is InChI=1S/C16H14ClN5O2/c1-11(20-16-15(17)9-14(10-18-16)22(23)24)12-3-5-13(6-4-12)21-8-2-7-19-21/h2-11H,1H3,(H,18,20). The quantitative estimate of drug-likeness (QED) is 0.559. The molecule has 0 spiro atoms. The van der Waals surface area contributed by atoms with Crippen LogP contribution in [-0.4, -0.2) is 19.7 Å². The number of nitrogens with one attached hydrogen (secondary N) is 1. The number of aromatic nitrogens is 3. The van der Waals surface area contributed by atoms with Crippen molar-refractivity contribution in [3.63, 3.8) is 0 Å². The molecule has 0 aliphatic heterocycles. The van der Waals surface area contributed by atoms with Gasteiger partial charge in [-0.25, -0.2) is 9.67 Å². The van der Waals surface area contributed by atoms with Gasteiger partial charge in [-0.3, -0.25) is 10.1 Å². The van der Waals surface area contributed by atoms with E-state index in [1.807, 2.05) is 43.5 Å². The number of anilines is 1. The molecule has 8 heteroatoms. The second-order valence-electron chi connectivity index (χ2n) is 5.19. The number of pyridine rings is 1. The van der Waals surface area contributed by atoms with Crippen LogP contribution in [0.4, 0.5) is 11.5 Å². The van der Waals surface area contributed by atoms with Gasteiger partial charge in [0.2, 0.25) is 0 Å². The number of halogens is 1. The predicted octanol–water partition coefficient (Wildman–Crippen LogP) is 4.00. The first-order chi connectivity index (χ1) is 11.5. The van der Waals surface area contributed by atoms with Crippen LogP contribution in [-0.2, 0) is 0 Å². The number of benzene rings is 1. The maximum absolute atomic E-state index is 10.7. The third-order valence-electron chi connectivity index (χ3n) is 3.55. The van der Waals surface area contributed by atoms with Crippen molar-refractivity contribution >= 4 is 23.1 Å². The number of nitrogens with zero attached hydrogens (tertiary/aromatic N) is 4. The second-order valence-corrected chi connectivity index (χ2v) is 5.60. The average Bonchev–Trinajstić information content (AvgIpc) is 3.11. The topological polar surface area (TPSA) is 85.9 Å². The highest BCUT2D eigenvalue weighted by Crippen LogP contribution is 2.27. The van der Waals surface area contributed by atoms with Crippen LogP contribution >= 0.6 is 11.6 Å². The van der Waals surface area contributed by atoms with Gasteiger partial charge in [0.05, 0.1) is 15.6 Å². The molecule has 1 unspecified atom stereocenters. The molecule has 122 valence electrons. The van der Waals surface area contributed by atoms with Crippen LogP contribution in [0.2, 0.25) is 5.02 Å². The molecular formula is C16H14ClN5O2. The minimum Gasteiger partial charge on any atom is -0.362 e. The third-order valence-corrected chi connectivity index (χ3v) is 3.84. The summed E-state index contributed by atoms with van der Waals surface area (Å²) in [6.45, 7) is 1.96. The summed E-state index contributed by atoms with van der Waals surface area (Å²) in [7, 11) is 0. The van der Waals surface area contributed by atoms with E-state index in [0.29, 0.717) is 5.82 Å². The molecule has 0 bridgehead atoms. The molecule has 3 rings (SSSR count). The summed E-state index contributed by atoms with van der Waals surface area (Å²) in [5, 5.41) is 18.3. The summed E-state index contributed by atoms with van der Waals surface area (Å²) in [6.07, 6.45) is 4.78. The maximum Gasteiger partial charge on any atom is 0.289 e. The zero-order valence-electron chi connectivity index (χ0n) is 12.8. The lowest BCUT2D eigenvalue weighted by atomic mass is 10.1. The van der Waals surface area contributed by atoms with E-state index in [-0.39, 0.29) is 16.8 Å². The molecule has 0 fully saturated rings. The zero-order valence-corrected chi connectivity index (χ0v) is 13.5. The Labute approximate surface area is 143 Å². The van der Waals surface area contributed by atoms with Gasteiger partial charge in [0, 0.05) is 24.5 Å². The molecule has 0 saturated carbocycles. The van der Waals surface area contributed by atoms with Crippen molar-refractivity contribution in [2.24, 2.45) is 0 Å². The van der Waals surface area contributed by atoms with Crippen LogP contribution in [0.5, 0.6) is 0 Å². The van der Waals surface area contributed by atoms with Crippen LogP contribution in [0, 0.1) is 10.1 Å². The Morgan fingerprint density at radius 1 is 1.33 bits per heavy atom. The van der Waals surface area contributed by atoms with Crippen molar-refractivity contribution in [1.82, 2.24) is 14.8 Å². The molecular weight excluding hydrogens is 330 g/mol. The summed E-state index contributed by atoms with van der Waals surface area (Å²) in [5.41, 5.74) is 1.85. The highest BCUT2D eigenvalue weighted by atomic mass is 35.5. The van der Waals surface area contributed by atoms with Crippen molar-refractivity contribution in [2.75, 3.05) is 5.32 Å². The summed E-state index contributed by atoms with van der Waals surface area (Å²) >= 11 is 6.06. The van der Waals surface area contributed by atoms with Gasteiger partial charge in [-0.05, 0) is 30.7 Å². The lowest BCUT2D eigenvalue weighted by Crippen LogP contribution is -2.09. The van der Waals surface area contributed by atoms with Crippen LogP contribution in [0.3, 0.4) is 0 Å². The largest absolute Gasteiger partial charge is 0.362 e. The van der Waals surface area contributed by atoms with E-state index < -0.39 is 4.92 Å². The predicted molar refractivity (Wildman–Crippen MR) is 91.5 cm³/mol. The number of hydrogen-bond acceptors (Lipinski definition) is 5. The highest BCUT2D eigenvalue weighted by molar-refractivity contribution is 6.33. The molecule has 1 atom stereocenters. The van der Waals surface area contributed by atoms with Crippen molar-refractivity contribution < 1.29 is 4.92 Å². The highest BCUT2D eigenvalue weighted by Gasteiger charge is 2.13. The first-order valence-electron chi connectivity index (χ1n) is 7.21. The van der Waals surface area contributed by atoms with E-state index in [1.54, 1.807) is 10.9 Å². The number of nitro groups is 1. The van der Waals surface area contributed by atoms with Gasteiger partial charge < -0.3 is 5.32 Å². The molecule has 24 heavy (non-hydrogen) atoms. The molecule has 0 radical (unpaired) electrons. The van der Waals surface area contributed by atoms with E-state index in [2.05, 4.69) is 15.4 Å². The van der Waals surface area contributed by atoms with Gasteiger partial charge in [0.25, 0.3) is 5.69 Å². The SMILES string of the molecule is CC(Nc1ncc([N+](=O)[O-])cc1Cl)c1ccc(-n2cccn2)cc1. The summed E-state index contributed by atoms with van der Waals surface area (Å²) in [4.78, 5) is 14.2.